The van der Waals surface area contributed by atoms with E-state index in [-0.39, 0.29) is 17.1 Å². The van der Waals surface area contributed by atoms with Gasteiger partial charge in [-0.1, -0.05) is 11.6 Å². The first-order valence-electron chi connectivity index (χ1n) is 5.90. The van der Waals surface area contributed by atoms with Crippen LogP contribution >= 0.6 is 11.6 Å². The maximum absolute atomic E-state index is 14.0. The second-order valence-electron chi connectivity index (χ2n) is 4.31. The summed E-state index contributed by atoms with van der Waals surface area (Å²) in [7, 11) is -2.44. The highest BCUT2D eigenvalue weighted by atomic mass is 35.5. The number of sulfonamides is 1. The number of benzene rings is 1. The van der Waals surface area contributed by atoms with Gasteiger partial charge in [0.05, 0.1) is 18.8 Å². The van der Waals surface area contributed by atoms with E-state index in [4.69, 9.17) is 16.7 Å². The van der Waals surface area contributed by atoms with E-state index in [0.29, 0.717) is 5.69 Å². The van der Waals surface area contributed by atoms with E-state index >= 15 is 0 Å². The SMILES string of the molecule is Cn1nccc1CNS(=O)(=O)c1cc(Cl)cc(CO)c1F. The fourth-order valence-electron chi connectivity index (χ4n) is 1.75. The molecule has 0 radical (unpaired) electrons. The highest BCUT2D eigenvalue weighted by Crippen LogP contribution is 2.24. The molecule has 1 aromatic heterocycles. The molecule has 0 aliphatic heterocycles. The van der Waals surface area contributed by atoms with E-state index in [1.54, 1.807) is 13.1 Å². The number of hydrogen-bond acceptors (Lipinski definition) is 4. The molecule has 0 saturated heterocycles. The van der Waals surface area contributed by atoms with Crippen LogP contribution in [0.5, 0.6) is 0 Å². The second-order valence-corrected chi connectivity index (χ2v) is 6.48. The van der Waals surface area contributed by atoms with Crippen molar-refractivity contribution in [3.63, 3.8) is 0 Å². The van der Waals surface area contributed by atoms with Crippen molar-refractivity contribution in [2.24, 2.45) is 7.05 Å². The van der Waals surface area contributed by atoms with Crippen LogP contribution in [0.2, 0.25) is 5.02 Å². The zero-order valence-electron chi connectivity index (χ0n) is 11.0. The van der Waals surface area contributed by atoms with Gasteiger partial charge in [-0.05, 0) is 18.2 Å². The summed E-state index contributed by atoms with van der Waals surface area (Å²) in [4.78, 5) is -0.596. The molecule has 0 aliphatic rings. The molecule has 0 aliphatic carbocycles. The molecule has 6 nitrogen and oxygen atoms in total. The molecular weight excluding hydrogens is 321 g/mol. The van der Waals surface area contributed by atoms with Crippen LogP contribution in [0.15, 0.2) is 29.3 Å². The van der Waals surface area contributed by atoms with Crippen molar-refractivity contribution in [2.45, 2.75) is 18.0 Å². The Morgan fingerprint density at radius 2 is 2.19 bits per heavy atom. The van der Waals surface area contributed by atoms with Crippen LogP contribution in [-0.2, 0) is 30.2 Å². The van der Waals surface area contributed by atoms with Gasteiger partial charge in [0.2, 0.25) is 10.0 Å². The quantitative estimate of drug-likeness (QED) is 0.860. The fraction of sp³-hybridized carbons (Fsp3) is 0.250. The number of halogens is 2. The van der Waals surface area contributed by atoms with E-state index in [1.807, 2.05) is 0 Å². The molecule has 1 aromatic carbocycles. The van der Waals surface area contributed by atoms with Gasteiger partial charge >= 0.3 is 0 Å². The van der Waals surface area contributed by atoms with Crippen molar-refractivity contribution in [1.82, 2.24) is 14.5 Å². The Hall–Kier alpha value is -1.48. The third kappa shape index (κ3) is 3.41. The van der Waals surface area contributed by atoms with Crippen molar-refractivity contribution >= 4 is 21.6 Å². The summed E-state index contributed by atoms with van der Waals surface area (Å²) in [6, 6.07) is 3.81. The lowest BCUT2D eigenvalue weighted by atomic mass is 10.2. The van der Waals surface area contributed by atoms with Gasteiger partial charge in [-0.15, -0.1) is 0 Å². The zero-order chi connectivity index (χ0) is 15.6. The molecule has 21 heavy (non-hydrogen) atoms. The fourth-order valence-corrected chi connectivity index (χ4v) is 3.20. The standard InChI is InChI=1S/C12H13ClFN3O3S/c1-17-10(2-3-15-17)6-16-21(19,20)11-5-9(13)4-8(7-18)12(11)14/h2-5,16,18H,6-7H2,1H3. The van der Waals surface area contributed by atoms with E-state index in [1.165, 1.54) is 16.9 Å². The van der Waals surface area contributed by atoms with Gasteiger partial charge in [-0.2, -0.15) is 5.10 Å². The highest BCUT2D eigenvalue weighted by molar-refractivity contribution is 7.89. The summed E-state index contributed by atoms with van der Waals surface area (Å²) in [5.74, 6) is -1.01. The van der Waals surface area contributed by atoms with Crippen LogP contribution in [-0.4, -0.2) is 23.3 Å². The first-order chi connectivity index (χ1) is 9.85. The number of aliphatic hydroxyl groups excluding tert-OH is 1. The molecule has 0 atom stereocenters. The van der Waals surface area contributed by atoms with Gasteiger partial charge in [0.1, 0.15) is 10.7 Å². The zero-order valence-corrected chi connectivity index (χ0v) is 12.6. The molecule has 2 aromatic rings. The summed E-state index contributed by atoms with van der Waals surface area (Å²) in [6.07, 6.45) is 1.52. The Labute approximate surface area is 126 Å². The third-order valence-corrected chi connectivity index (χ3v) is 4.52. The van der Waals surface area contributed by atoms with E-state index in [9.17, 15) is 12.8 Å². The molecule has 1 heterocycles. The summed E-state index contributed by atoms with van der Waals surface area (Å²) in [5, 5.41) is 13.0. The van der Waals surface area contributed by atoms with Gasteiger partial charge < -0.3 is 5.11 Å². The van der Waals surface area contributed by atoms with Gasteiger partial charge in [0.15, 0.2) is 0 Å². The third-order valence-electron chi connectivity index (χ3n) is 2.90. The van der Waals surface area contributed by atoms with Crippen LogP contribution < -0.4 is 4.72 Å². The Balaban J connectivity index is 2.32. The molecule has 114 valence electrons. The van der Waals surface area contributed by atoms with E-state index in [0.717, 1.165) is 6.07 Å². The predicted molar refractivity (Wildman–Crippen MR) is 74.6 cm³/mol. The molecule has 9 heteroatoms. The summed E-state index contributed by atoms with van der Waals surface area (Å²) in [5.41, 5.74) is 0.437. The van der Waals surface area contributed by atoms with Gasteiger partial charge in [0.25, 0.3) is 0 Å². The van der Waals surface area contributed by atoms with Crippen LogP contribution in [0.1, 0.15) is 11.3 Å². The van der Waals surface area contributed by atoms with Gasteiger partial charge in [-0.25, -0.2) is 17.5 Å². The van der Waals surface area contributed by atoms with Gasteiger partial charge in [-0.3, -0.25) is 4.68 Å². The van der Waals surface area contributed by atoms with Crippen LogP contribution in [0, 0.1) is 5.82 Å². The summed E-state index contributed by atoms with van der Waals surface area (Å²) >= 11 is 5.75. The normalized spacial score (nSPS) is 11.8. The Bertz CT molecular complexity index is 761. The molecule has 0 amide bonds. The lowest BCUT2D eigenvalue weighted by Crippen LogP contribution is -2.25. The molecule has 0 unspecified atom stereocenters. The molecule has 0 saturated carbocycles. The minimum atomic E-state index is -4.10. The minimum Gasteiger partial charge on any atom is -0.392 e. The maximum Gasteiger partial charge on any atom is 0.243 e. The lowest BCUT2D eigenvalue weighted by molar-refractivity contribution is 0.274. The van der Waals surface area contributed by atoms with Crippen molar-refractivity contribution in [3.8, 4) is 0 Å². The average molecular weight is 334 g/mol. The number of aryl methyl sites for hydroxylation is 1. The van der Waals surface area contributed by atoms with Crippen LogP contribution in [0.3, 0.4) is 0 Å². The molecule has 2 rings (SSSR count). The Morgan fingerprint density at radius 1 is 1.48 bits per heavy atom. The number of aliphatic hydroxyl groups is 1. The molecule has 0 bridgehead atoms. The number of rotatable bonds is 5. The second kappa shape index (κ2) is 6.10. The smallest absolute Gasteiger partial charge is 0.243 e. The van der Waals surface area contributed by atoms with Crippen LogP contribution in [0.25, 0.3) is 0 Å². The Morgan fingerprint density at radius 3 is 2.76 bits per heavy atom. The summed E-state index contributed by atoms with van der Waals surface area (Å²) in [6.45, 7) is -0.685. The number of nitrogens with zero attached hydrogens (tertiary/aromatic N) is 2. The monoisotopic (exact) mass is 333 g/mol. The van der Waals surface area contributed by atoms with Crippen molar-refractivity contribution in [3.05, 3.63) is 46.5 Å². The number of aromatic nitrogens is 2. The van der Waals surface area contributed by atoms with Crippen LogP contribution in [0.4, 0.5) is 4.39 Å². The molecular formula is C12H13ClFN3O3S. The number of hydrogen-bond donors (Lipinski definition) is 2. The molecule has 0 fully saturated rings. The lowest BCUT2D eigenvalue weighted by Gasteiger charge is -2.10. The minimum absolute atomic E-state index is 0.0290. The van der Waals surface area contributed by atoms with E-state index in [2.05, 4.69) is 9.82 Å². The van der Waals surface area contributed by atoms with Crippen molar-refractivity contribution in [2.75, 3.05) is 0 Å². The molecule has 2 N–H and O–H groups in total. The Kier molecular flexibility index (Phi) is 4.62. The van der Waals surface area contributed by atoms with Gasteiger partial charge in [0, 0.05) is 23.8 Å². The topological polar surface area (TPSA) is 84.2 Å². The van der Waals surface area contributed by atoms with E-state index < -0.39 is 27.3 Å². The number of nitrogens with one attached hydrogen (secondary N) is 1. The molecule has 0 spiro atoms. The average Bonchev–Trinajstić information content (AvgIpc) is 2.84. The van der Waals surface area contributed by atoms with Crippen molar-refractivity contribution < 1.29 is 17.9 Å². The summed E-state index contributed by atoms with van der Waals surface area (Å²) < 4.78 is 42.1. The highest BCUT2D eigenvalue weighted by Gasteiger charge is 2.22. The first kappa shape index (κ1) is 15.9. The largest absolute Gasteiger partial charge is 0.392 e. The maximum atomic E-state index is 14.0. The van der Waals surface area contributed by atoms with Crippen molar-refractivity contribution in [1.29, 1.82) is 0 Å². The first-order valence-corrected chi connectivity index (χ1v) is 7.76. The predicted octanol–water partition coefficient (Wildman–Crippen LogP) is 1.18.